The second kappa shape index (κ2) is 11.8. The summed E-state index contributed by atoms with van der Waals surface area (Å²) in [5.74, 6) is 0.832. The van der Waals surface area contributed by atoms with Crippen LogP contribution < -0.4 is 10.1 Å². The zero-order chi connectivity index (χ0) is 24.0. The summed E-state index contributed by atoms with van der Waals surface area (Å²) in [6.07, 6.45) is 9.73. The van der Waals surface area contributed by atoms with Crippen molar-refractivity contribution in [1.82, 2.24) is 4.90 Å². The van der Waals surface area contributed by atoms with Gasteiger partial charge in [0.15, 0.2) is 0 Å². The van der Waals surface area contributed by atoms with E-state index < -0.39 is 5.41 Å². The van der Waals surface area contributed by atoms with Crippen molar-refractivity contribution in [3.63, 3.8) is 0 Å². The van der Waals surface area contributed by atoms with E-state index in [1.165, 1.54) is 25.8 Å². The predicted molar refractivity (Wildman–Crippen MR) is 141 cm³/mol. The number of nitrogens with zero attached hydrogens (tertiary/aromatic N) is 1. The first-order valence-corrected chi connectivity index (χ1v) is 13.5. The van der Waals surface area contributed by atoms with Crippen LogP contribution >= 0.6 is 23.2 Å². The van der Waals surface area contributed by atoms with Crippen LogP contribution in [-0.2, 0) is 10.2 Å². The van der Waals surface area contributed by atoms with E-state index in [1.54, 1.807) is 6.07 Å². The summed E-state index contributed by atoms with van der Waals surface area (Å²) in [6.45, 7) is 5.32. The maximum absolute atomic E-state index is 13.6. The normalized spacial score (nSPS) is 20.6. The molecule has 6 heteroatoms. The first-order chi connectivity index (χ1) is 16.5. The molecule has 0 radical (unpaired) electrons. The fraction of sp³-hybridized carbons (Fsp3) is 0.536. The summed E-state index contributed by atoms with van der Waals surface area (Å²) in [5.41, 5.74) is 1.02. The summed E-state index contributed by atoms with van der Waals surface area (Å²) in [7, 11) is 0. The molecule has 4 nitrogen and oxygen atoms in total. The number of carbonyl (C=O) groups excluding carboxylic acids is 1. The predicted octanol–water partition coefficient (Wildman–Crippen LogP) is 7.48. The largest absolute Gasteiger partial charge is 0.494 e. The Morgan fingerprint density at radius 3 is 2.53 bits per heavy atom. The number of piperidine rings is 1. The first kappa shape index (κ1) is 25.3. The number of anilines is 1. The number of carbonyl (C=O) groups is 1. The van der Waals surface area contributed by atoms with E-state index in [2.05, 4.69) is 17.1 Å². The van der Waals surface area contributed by atoms with Crippen LogP contribution in [0.25, 0.3) is 0 Å². The van der Waals surface area contributed by atoms with E-state index in [1.807, 2.05) is 36.4 Å². The van der Waals surface area contributed by atoms with Gasteiger partial charge in [-0.3, -0.25) is 4.79 Å². The molecule has 2 aliphatic rings. The quantitative estimate of drug-likeness (QED) is 0.380. The number of rotatable bonds is 8. The second-order valence-electron chi connectivity index (χ2n) is 9.83. The first-order valence-electron chi connectivity index (χ1n) is 12.7. The minimum atomic E-state index is -0.624. The lowest BCUT2D eigenvalue weighted by atomic mass is 9.68. The molecule has 1 N–H and O–H groups in total. The van der Waals surface area contributed by atoms with Gasteiger partial charge >= 0.3 is 0 Å². The molecule has 1 aliphatic heterocycles. The molecule has 2 aromatic carbocycles. The Hall–Kier alpha value is -1.75. The molecule has 4 rings (SSSR count). The topological polar surface area (TPSA) is 41.6 Å². The Bertz CT molecular complexity index is 957. The van der Waals surface area contributed by atoms with E-state index in [0.29, 0.717) is 22.7 Å². The second-order valence-corrected chi connectivity index (χ2v) is 10.7. The number of ether oxygens (including phenoxy) is 1. The number of nitrogens with one attached hydrogen (secondary N) is 1. The van der Waals surface area contributed by atoms with Gasteiger partial charge in [0.25, 0.3) is 0 Å². The van der Waals surface area contributed by atoms with Gasteiger partial charge in [0, 0.05) is 28.3 Å². The molecule has 2 aromatic rings. The number of halogens is 2. The van der Waals surface area contributed by atoms with Gasteiger partial charge in [0.1, 0.15) is 5.75 Å². The number of amides is 1. The highest BCUT2D eigenvalue weighted by molar-refractivity contribution is 6.35. The molecule has 1 heterocycles. The zero-order valence-corrected chi connectivity index (χ0v) is 21.6. The monoisotopic (exact) mass is 502 g/mol. The standard InChI is InChI=1S/C28H36Cl2N2O2/c1-21-8-3-6-17-32(21)18-7-19-34-24-12-10-23(11-13-24)31-27(33)28(15-4-2-5-16-28)25-14-9-22(29)20-26(25)30/h9-14,20-21H,2-8,15-19H2,1H3,(H,31,33)/t21-/m1/s1. The Morgan fingerprint density at radius 1 is 1.06 bits per heavy atom. The van der Waals surface area contributed by atoms with Gasteiger partial charge < -0.3 is 15.0 Å². The van der Waals surface area contributed by atoms with Gasteiger partial charge in [-0.15, -0.1) is 0 Å². The fourth-order valence-electron chi connectivity index (χ4n) is 5.48. The number of hydrogen-bond acceptors (Lipinski definition) is 3. The lowest BCUT2D eigenvalue weighted by Crippen LogP contribution is -2.42. The van der Waals surface area contributed by atoms with Crippen molar-refractivity contribution in [1.29, 1.82) is 0 Å². The van der Waals surface area contributed by atoms with Gasteiger partial charge in [-0.1, -0.05) is 55.0 Å². The summed E-state index contributed by atoms with van der Waals surface area (Å²) in [6, 6.07) is 13.9. The van der Waals surface area contributed by atoms with Crippen LogP contribution in [-0.4, -0.2) is 36.5 Å². The van der Waals surface area contributed by atoms with Crippen LogP contribution in [0, 0.1) is 0 Å². The average molecular weight is 504 g/mol. The molecule has 1 aliphatic carbocycles. The highest BCUT2D eigenvalue weighted by atomic mass is 35.5. The minimum absolute atomic E-state index is 0.000687. The van der Waals surface area contributed by atoms with E-state index in [9.17, 15) is 4.79 Å². The van der Waals surface area contributed by atoms with E-state index in [4.69, 9.17) is 27.9 Å². The third kappa shape index (κ3) is 6.08. The molecule has 1 saturated heterocycles. The Labute approximate surface area is 214 Å². The highest BCUT2D eigenvalue weighted by Crippen LogP contribution is 2.44. The molecule has 184 valence electrons. The lowest BCUT2D eigenvalue weighted by Gasteiger charge is -2.37. The van der Waals surface area contributed by atoms with Crippen LogP contribution in [0.1, 0.15) is 70.3 Å². The van der Waals surface area contributed by atoms with Crippen LogP contribution in [0.3, 0.4) is 0 Å². The van der Waals surface area contributed by atoms with Gasteiger partial charge in [-0.05, 0) is 87.5 Å². The summed E-state index contributed by atoms with van der Waals surface area (Å²) >= 11 is 12.7. The molecule has 1 amide bonds. The molecule has 1 saturated carbocycles. The van der Waals surface area contributed by atoms with Crippen molar-refractivity contribution in [2.45, 2.75) is 76.2 Å². The van der Waals surface area contributed by atoms with E-state index in [0.717, 1.165) is 62.1 Å². The molecule has 0 unspecified atom stereocenters. The maximum Gasteiger partial charge on any atom is 0.235 e. The lowest BCUT2D eigenvalue weighted by molar-refractivity contribution is -0.122. The van der Waals surface area contributed by atoms with Gasteiger partial charge in [0.05, 0.1) is 12.0 Å². The number of hydrogen-bond donors (Lipinski definition) is 1. The smallest absolute Gasteiger partial charge is 0.235 e. The zero-order valence-electron chi connectivity index (χ0n) is 20.1. The maximum atomic E-state index is 13.6. The van der Waals surface area contributed by atoms with Crippen molar-refractivity contribution in [2.24, 2.45) is 0 Å². The molecule has 1 atom stereocenters. The van der Waals surface area contributed by atoms with Crippen LogP contribution in [0.4, 0.5) is 5.69 Å². The third-order valence-electron chi connectivity index (χ3n) is 7.50. The SMILES string of the molecule is C[C@@H]1CCCCN1CCCOc1ccc(NC(=O)C2(c3ccc(Cl)cc3Cl)CCCCC2)cc1. The van der Waals surface area contributed by atoms with Crippen molar-refractivity contribution in [3.05, 3.63) is 58.1 Å². The summed E-state index contributed by atoms with van der Waals surface area (Å²) < 4.78 is 5.96. The molecule has 34 heavy (non-hydrogen) atoms. The summed E-state index contributed by atoms with van der Waals surface area (Å²) in [4.78, 5) is 16.1. The van der Waals surface area contributed by atoms with Crippen molar-refractivity contribution < 1.29 is 9.53 Å². The molecule has 0 spiro atoms. The number of benzene rings is 2. The van der Waals surface area contributed by atoms with Crippen molar-refractivity contribution in [3.8, 4) is 5.75 Å². The molecular formula is C28H36Cl2N2O2. The molecule has 2 fully saturated rings. The Morgan fingerprint density at radius 2 is 1.82 bits per heavy atom. The highest BCUT2D eigenvalue weighted by Gasteiger charge is 2.42. The van der Waals surface area contributed by atoms with Crippen molar-refractivity contribution >= 4 is 34.8 Å². The van der Waals surface area contributed by atoms with Gasteiger partial charge in [-0.25, -0.2) is 0 Å². The van der Waals surface area contributed by atoms with E-state index in [-0.39, 0.29) is 5.91 Å². The van der Waals surface area contributed by atoms with Gasteiger partial charge in [0.2, 0.25) is 5.91 Å². The van der Waals surface area contributed by atoms with Crippen LogP contribution in [0.5, 0.6) is 5.75 Å². The average Bonchev–Trinajstić information content (AvgIpc) is 2.84. The minimum Gasteiger partial charge on any atom is -0.494 e. The van der Waals surface area contributed by atoms with Crippen LogP contribution in [0.15, 0.2) is 42.5 Å². The number of likely N-dealkylation sites (tertiary alicyclic amines) is 1. The molecule has 0 bridgehead atoms. The van der Waals surface area contributed by atoms with Crippen molar-refractivity contribution in [2.75, 3.05) is 25.0 Å². The van der Waals surface area contributed by atoms with Gasteiger partial charge in [-0.2, -0.15) is 0 Å². The third-order valence-corrected chi connectivity index (χ3v) is 8.05. The van der Waals surface area contributed by atoms with E-state index >= 15 is 0 Å². The summed E-state index contributed by atoms with van der Waals surface area (Å²) in [5, 5.41) is 4.29. The fourth-order valence-corrected chi connectivity index (χ4v) is 6.07. The Kier molecular flexibility index (Phi) is 8.79. The van der Waals surface area contributed by atoms with Crippen LogP contribution in [0.2, 0.25) is 10.0 Å². The molecule has 0 aromatic heterocycles. The molecular weight excluding hydrogens is 467 g/mol. The Balaban J connectivity index is 1.34.